The molecule has 1 heterocycles. The number of amides is 3. The van der Waals surface area contributed by atoms with Crippen molar-refractivity contribution in [1.29, 1.82) is 0 Å². The molecule has 2 aromatic carbocycles. The molecule has 1 saturated heterocycles. The molecule has 0 bridgehead atoms. The van der Waals surface area contributed by atoms with Crippen LogP contribution in [-0.2, 0) is 4.79 Å². The van der Waals surface area contributed by atoms with Gasteiger partial charge in [0.15, 0.2) is 11.5 Å². The van der Waals surface area contributed by atoms with Gasteiger partial charge in [-0.1, -0.05) is 6.07 Å². The van der Waals surface area contributed by atoms with E-state index in [1.165, 1.54) is 36.4 Å². The fourth-order valence-electron chi connectivity index (χ4n) is 2.43. The molecule has 3 rings (SSSR count). The van der Waals surface area contributed by atoms with Gasteiger partial charge in [-0.25, -0.2) is 14.1 Å². The number of ether oxygens (including phenoxy) is 1. The number of phenols is 1. The van der Waals surface area contributed by atoms with Crippen molar-refractivity contribution in [1.82, 2.24) is 5.32 Å². The van der Waals surface area contributed by atoms with Gasteiger partial charge in [-0.2, -0.15) is 0 Å². The first-order valence-electron chi connectivity index (χ1n) is 7.58. The topological polar surface area (TPSA) is 78.9 Å². The Kier molecular flexibility index (Phi) is 4.38. The van der Waals surface area contributed by atoms with Crippen molar-refractivity contribution in [3.63, 3.8) is 0 Å². The molecule has 0 saturated carbocycles. The molecule has 6 nitrogen and oxygen atoms in total. The maximum atomic E-state index is 13.0. The van der Waals surface area contributed by atoms with Crippen LogP contribution in [0.4, 0.5) is 14.9 Å². The van der Waals surface area contributed by atoms with Gasteiger partial charge < -0.3 is 15.2 Å². The number of hydrogen-bond donors (Lipinski definition) is 2. The zero-order valence-corrected chi connectivity index (χ0v) is 13.3. The van der Waals surface area contributed by atoms with Crippen molar-refractivity contribution >= 4 is 23.7 Å². The monoisotopic (exact) mass is 342 g/mol. The van der Waals surface area contributed by atoms with Crippen LogP contribution in [0, 0.1) is 5.82 Å². The highest BCUT2D eigenvalue weighted by Crippen LogP contribution is 2.28. The van der Waals surface area contributed by atoms with Crippen LogP contribution in [0.2, 0.25) is 0 Å². The summed E-state index contributed by atoms with van der Waals surface area (Å²) in [6, 6.07) is 9.05. The molecule has 3 amide bonds. The number of imide groups is 1. The van der Waals surface area contributed by atoms with E-state index in [0.717, 1.165) is 4.90 Å². The van der Waals surface area contributed by atoms with E-state index in [1.54, 1.807) is 19.1 Å². The number of benzene rings is 2. The molecule has 1 fully saturated rings. The molecule has 0 aliphatic carbocycles. The van der Waals surface area contributed by atoms with Crippen LogP contribution in [0.1, 0.15) is 12.5 Å². The smallest absolute Gasteiger partial charge is 0.333 e. The number of aromatic hydroxyl groups is 1. The molecule has 128 valence electrons. The summed E-state index contributed by atoms with van der Waals surface area (Å²) in [6.45, 7) is 2.21. The normalized spacial score (nSPS) is 15.6. The maximum Gasteiger partial charge on any atom is 0.333 e. The third kappa shape index (κ3) is 3.30. The molecule has 1 aliphatic rings. The molecule has 0 atom stereocenters. The van der Waals surface area contributed by atoms with E-state index >= 15 is 0 Å². The van der Waals surface area contributed by atoms with E-state index < -0.39 is 17.8 Å². The molecule has 0 aromatic heterocycles. The number of phenolic OH excluding ortho intramolecular Hbond substituents is 1. The van der Waals surface area contributed by atoms with Crippen molar-refractivity contribution in [2.75, 3.05) is 11.5 Å². The highest BCUT2D eigenvalue weighted by Gasteiger charge is 2.34. The van der Waals surface area contributed by atoms with E-state index in [9.17, 15) is 19.1 Å². The lowest BCUT2D eigenvalue weighted by atomic mass is 10.1. The Labute approximate surface area is 143 Å². The van der Waals surface area contributed by atoms with Crippen LogP contribution in [0.25, 0.3) is 6.08 Å². The Morgan fingerprint density at radius 3 is 2.56 bits per heavy atom. The average molecular weight is 342 g/mol. The molecule has 0 radical (unpaired) electrons. The van der Waals surface area contributed by atoms with E-state index in [0.29, 0.717) is 17.9 Å². The van der Waals surface area contributed by atoms with Crippen molar-refractivity contribution in [3.8, 4) is 11.5 Å². The third-order valence-electron chi connectivity index (χ3n) is 3.56. The first kappa shape index (κ1) is 16.5. The van der Waals surface area contributed by atoms with Crippen LogP contribution >= 0.6 is 0 Å². The van der Waals surface area contributed by atoms with Crippen molar-refractivity contribution in [2.45, 2.75) is 6.92 Å². The van der Waals surface area contributed by atoms with Gasteiger partial charge in [0.05, 0.1) is 12.3 Å². The lowest BCUT2D eigenvalue weighted by Crippen LogP contribution is -2.30. The van der Waals surface area contributed by atoms with E-state index in [1.807, 2.05) is 0 Å². The highest BCUT2D eigenvalue weighted by molar-refractivity contribution is 6.28. The zero-order valence-electron chi connectivity index (χ0n) is 13.3. The molecule has 0 spiro atoms. The summed E-state index contributed by atoms with van der Waals surface area (Å²) in [5.74, 6) is -0.760. The Bertz CT molecular complexity index is 862. The van der Waals surface area contributed by atoms with Gasteiger partial charge >= 0.3 is 6.03 Å². The van der Waals surface area contributed by atoms with Crippen molar-refractivity contribution < 1.29 is 23.8 Å². The molecular weight excluding hydrogens is 327 g/mol. The summed E-state index contributed by atoms with van der Waals surface area (Å²) in [6.07, 6.45) is 1.44. The van der Waals surface area contributed by atoms with E-state index in [-0.39, 0.29) is 17.1 Å². The number of nitrogens with one attached hydrogen (secondary N) is 1. The Morgan fingerprint density at radius 1 is 1.20 bits per heavy atom. The predicted molar refractivity (Wildman–Crippen MR) is 89.7 cm³/mol. The Morgan fingerprint density at radius 2 is 1.92 bits per heavy atom. The number of hydrogen-bond acceptors (Lipinski definition) is 4. The number of carbonyl (C=O) groups excluding carboxylic acids is 2. The SMILES string of the molecule is CCOc1ccc(C=C2NC(=O)N(c3ccc(F)cc3)C2=O)cc1O. The number of carbonyl (C=O) groups is 2. The van der Waals surface area contributed by atoms with Gasteiger partial charge in [0, 0.05) is 0 Å². The van der Waals surface area contributed by atoms with Crippen LogP contribution in [0.15, 0.2) is 48.2 Å². The lowest BCUT2D eigenvalue weighted by Gasteiger charge is -2.11. The molecule has 2 aromatic rings. The third-order valence-corrected chi connectivity index (χ3v) is 3.56. The van der Waals surface area contributed by atoms with Crippen LogP contribution in [0.3, 0.4) is 0 Å². The first-order chi connectivity index (χ1) is 12.0. The van der Waals surface area contributed by atoms with E-state index in [4.69, 9.17) is 4.74 Å². The second kappa shape index (κ2) is 6.64. The van der Waals surface area contributed by atoms with Crippen LogP contribution in [0.5, 0.6) is 11.5 Å². The minimum atomic E-state index is -0.627. The standard InChI is InChI=1S/C18H15FN2O4/c1-2-25-16-8-3-11(10-15(16)22)9-14-17(23)21(18(24)20-14)13-6-4-12(19)5-7-13/h3-10,22H,2H2,1H3,(H,20,24). The second-order valence-corrected chi connectivity index (χ2v) is 5.27. The number of anilines is 1. The zero-order chi connectivity index (χ0) is 18.0. The fraction of sp³-hybridized carbons (Fsp3) is 0.111. The summed E-state index contributed by atoms with van der Waals surface area (Å²) >= 11 is 0. The van der Waals surface area contributed by atoms with Gasteiger partial charge in [0.1, 0.15) is 11.5 Å². The summed E-state index contributed by atoms with van der Waals surface area (Å²) < 4.78 is 18.2. The van der Waals surface area contributed by atoms with Gasteiger partial charge in [-0.15, -0.1) is 0 Å². The fourth-order valence-corrected chi connectivity index (χ4v) is 2.43. The quantitative estimate of drug-likeness (QED) is 0.661. The predicted octanol–water partition coefficient (Wildman–Crippen LogP) is 3.03. The summed E-state index contributed by atoms with van der Waals surface area (Å²) in [5.41, 5.74) is 0.838. The van der Waals surface area contributed by atoms with Gasteiger partial charge in [-0.05, 0) is 55.0 Å². The van der Waals surface area contributed by atoms with Crippen LogP contribution in [-0.4, -0.2) is 23.7 Å². The molecule has 0 unspecified atom stereocenters. The number of rotatable bonds is 4. The van der Waals surface area contributed by atoms with E-state index in [2.05, 4.69) is 5.32 Å². The van der Waals surface area contributed by atoms with Crippen molar-refractivity contribution in [2.24, 2.45) is 0 Å². The Balaban J connectivity index is 1.87. The average Bonchev–Trinajstić information content (AvgIpc) is 2.85. The molecule has 2 N–H and O–H groups in total. The molecule has 1 aliphatic heterocycles. The summed E-state index contributed by atoms with van der Waals surface area (Å²) in [5, 5.41) is 12.4. The van der Waals surface area contributed by atoms with Gasteiger partial charge in [0.25, 0.3) is 5.91 Å². The summed E-state index contributed by atoms with van der Waals surface area (Å²) in [7, 11) is 0. The Hall–Kier alpha value is -3.35. The van der Waals surface area contributed by atoms with Gasteiger partial charge in [0.2, 0.25) is 0 Å². The first-order valence-corrected chi connectivity index (χ1v) is 7.58. The maximum absolute atomic E-state index is 13.0. The second-order valence-electron chi connectivity index (χ2n) is 5.27. The highest BCUT2D eigenvalue weighted by atomic mass is 19.1. The van der Waals surface area contributed by atoms with Crippen LogP contribution < -0.4 is 15.0 Å². The minimum absolute atomic E-state index is 0.0536. The number of nitrogens with zero attached hydrogens (tertiary/aromatic N) is 1. The summed E-state index contributed by atoms with van der Waals surface area (Å²) in [4.78, 5) is 25.4. The minimum Gasteiger partial charge on any atom is -0.504 e. The van der Waals surface area contributed by atoms with Gasteiger partial charge in [-0.3, -0.25) is 4.79 Å². The largest absolute Gasteiger partial charge is 0.504 e. The van der Waals surface area contributed by atoms with Crippen molar-refractivity contribution in [3.05, 3.63) is 59.5 Å². The molecular formula is C18H15FN2O4. The number of urea groups is 1. The molecule has 25 heavy (non-hydrogen) atoms. The number of halogens is 1. The molecule has 7 heteroatoms. The lowest BCUT2D eigenvalue weighted by molar-refractivity contribution is -0.113.